The van der Waals surface area contributed by atoms with Crippen molar-refractivity contribution in [3.63, 3.8) is 0 Å². The Morgan fingerprint density at radius 2 is 1.89 bits per heavy atom. The van der Waals surface area contributed by atoms with Gasteiger partial charge in [-0.1, -0.05) is 13.8 Å². The Kier molecular flexibility index (Phi) is 12.5. The van der Waals surface area contributed by atoms with Crippen LogP contribution in [0.2, 0.25) is 0 Å². The number of rotatable bonds is 0. The van der Waals surface area contributed by atoms with Crippen LogP contribution in [0.1, 0.15) is 20.8 Å². The topological polar surface area (TPSA) is 50.7 Å². The highest BCUT2D eigenvalue weighted by Gasteiger charge is 1.72. The molecule has 0 heterocycles. The SMILES string of the molecule is CC.CN=C(C)N=CN. The molecule has 0 rings (SSSR count). The van der Waals surface area contributed by atoms with E-state index < -0.39 is 0 Å². The third kappa shape index (κ3) is 11.0. The number of aliphatic imine (C=N–C) groups is 2. The highest BCUT2D eigenvalue weighted by molar-refractivity contribution is 5.86. The van der Waals surface area contributed by atoms with Crippen LogP contribution in [0.15, 0.2) is 9.98 Å². The van der Waals surface area contributed by atoms with Crippen LogP contribution < -0.4 is 5.73 Å². The fourth-order valence-electron chi connectivity index (χ4n) is 0.166. The molecule has 0 aromatic heterocycles. The van der Waals surface area contributed by atoms with Gasteiger partial charge in [-0.05, 0) is 6.92 Å². The molecule has 0 fully saturated rings. The molecule has 0 atom stereocenters. The normalized spacial score (nSPS) is 10.9. The van der Waals surface area contributed by atoms with Crippen molar-refractivity contribution in [2.75, 3.05) is 7.05 Å². The molecular formula is C6H15N3. The van der Waals surface area contributed by atoms with Crippen LogP contribution in [0.4, 0.5) is 0 Å². The van der Waals surface area contributed by atoms with Gasteiger partial charge in [0.25, 0.3) is 0 Å². The van der Waals surface area contributed by atoms with Crippen molar-refractivity contribution in [1.82, 2.24) is 0 Å². The summed E-state index contributed by atoms with van der Waals surface area (Å²) < 4.78 is 0. The van der Waals surface area contributed by atoms with E-state index >= 15 is 0 Å². The fraction of sp³-hybridized carbons (Fsp3) is 0.667. The van der Waals surface area contributed by atoms with Crippen LogP contribution in [0.3, 0.4) is 0 Å². The Hall–Kier alpha value is -0.860. The van der Waals surface area contributed by atoms with Crippen LogP contribution in [0, 0.1) is 0 Å². The van der Waals surface area contributed by atoms with Crippen molar-refractivity contribution in [2.24, 2.45) is 15.7 Å². The summed E-state index contributed by atoms with van der Waals surface area (Å²) in [5.74, 6) is 0.697. The molecule has 3 heteroatoms. The van der Waals surface area contributed by atoms with Crippen LogP contribution in [-0.4, -0.2) is 19.2 Å². The monoisotopic (exact) mass is 129 g/mol. The first-order chi connectivity index (χ1) is 4.31. The van der Waals surface area contributed by atoms with Crippen molar-refractivity contribution in [2.45, 2.75) is 20.8 Å². The second-order valence-electron chi connectivity index (χ2n) is 1.05. The molecule has 0 amide bonds. The average molecular weight is 129 g/mol. The average Bonchev–Trinajstić information content (AvgIpc) is 1.93. The summed E-state index contributed by atoms with van der Waals surface area (Å²) in [6.45, 7) is 5.78. The maximum Gasteiger partial charge on any atom is 0.121 e. The smallest absolute Gasteiger partial charge is 0.121 e. The quantitative estimate of drug-likeness (QED) is 0.385. The molecule has 0 bridgehead atoms. The standard InChI is InChI=1S/C4H9N3.C2H6/c1-4(6-2)7-3-5;1-2/h3H,1-2H3,(H2,5,6,7);1-2H3. The molecule has 2 N–H and O–H groups in total. The van der Waals surface area contributed by atoms with Gasteiger partial charge in [0.1, 0.15) is 5.84 Å². The van der Waals surface area contributed by atoms with E-state index in [2.05, 4.69) is 9.98 Å². The summed E-state index contributed by atoms with van der Waals surface area (Å²) in [5.41, 5.74) is 4.93. The van der Waals surface area contributed by atoms with Gasteiger partial charge in [-0.25, -0.2) is 4.99 Å². The van der Waals surface area contributed by atoms with Gasteiger partial charge in [0, 0.05) is 7.05 Å². The summed E-state index contributed by atoms with van der Waals surface area (Å²) in [7, 11) is 1.67. The zero-order chi connectivity index (χ0) is 7.70. The summed E-state index contributed by atoms with van der Waals surface area (Å²) >= 11 is 0. The minimum absolute atomic E-state index is 0.697. The third-order valence-electron chi connectivity index (χ3n) is 0.585. The van der Waals surface area contributed by atoms with Crippen molar-refractivity contribution in [1.29, 1.82) is 0 Å². The number of hydrogen-bond donors (Lipinski definition) is 1. The summed E-state index contributed by atoms with van der Waals surface area (Å²) in [6.07, 6.45) is 1.22. The van der Waals surface area contributed by atoms with Crippen molar-refractivity contribution in [3.05, 3.63) is 0 Å². The minimum Gasteiger partial charge on any atom is -0.390 e. The Morgan fingerprint density at radius 3 is 2.00 bits per heavy atom. The first kappa shape index (κ1) is 11.0. The van der Waals surface area contributed by atoms with Crippen molar-refractivity contribution >= 4 is 12.2 Å². The van der Waals surface area contributed by atoms with Gasteiger partial charge in [0.05, 0.1) is 6.34 Å². The van der Waals surface area contributed by atoms with Gasteiger partial charge >= 0.3 is 0 Å². The molecule has 0 aromatic rings. The second kappa shape index (κ2) is 10.2. The maximum absolute atomic E-state index is 4.93. The number of hydrogen-bond acceptors (Lipinski definition) is 1. The predicted molar refractivity (Wildman–Crippen MR) is 43.1 cm³/mol. The molecule has 0 spiro atoms. The molecule has 0 aliphatic carbocycles. The molecule has 3 nitrogen and oxygen atoms in total. The minimum atomic E-state index is 0.697. The van der Waals surface area contributed by atoms with Gasteiger partial charge in [-0.3, -0.25) is 4.99 Å². The molecule has 0 aromatic carbocycles. The van der Waals surface area contributed by atoms with Gasteiger partial charge < -0.3 is 5.73 Å². The molecular weight excluding hydrogens is 114 g/mol. The van der Waals surface area contributed by atoms with Crippen LogP contribution in [-0.2, 0) is 0 Å². The van der Waals surface area contributed by atoms with Crippen molar-refractivity contribution in [3.8, 4) is 0 Å². The lowest BCUT2D eigenvalue weighted by Gasteiger charge is -1.80. The van der Waals surface area contributed by atoms with E-state index in [0.717, 1.165) is 0 Å². The molecule has 0 saturated heterocycles. The van der Waals surface area contributed by atoms with Gasteiger partial charge in [-0.2, -0.15) is 0 Å². The molecule has 0 aliphatic rings. The number of nitrogens with two attached hydrogens (primary N) is 1. The first-order valence-corrected chi connectivity index (χ1v) is 2.99. The molecule has 0 aliphatic heterocycles. The molecule has 9 heavy (non-hydrogen) atoms. The van der Waals surface area contributed by atoms with E-state index in [1.165, 1.54) is 6.34 Å². The largest absolute Gasteiger partial charge is 0.390 e. The molecule has 54 valence electrons. The zero-order valence-electron chi connectivity index (χ0n) is 6.55. The van der Waals surface area contributed by atoms with Gasteiger partial charge in [0.15, 0.2) is 0 Å². The number of nitrogens with zero attached hydrogens (tertiary/aromatic N) is 2. The summed E-state index contributed by atoms with van der Waals surface area (Å²) in [5, 5.41) is 0. The fourth-order valence-corrected chi connectivity index (χ4v) is 0.166. The Bertz CT molecular complexity index is 94.5. The third-order valence-corrected chi connectivity index (χ3v) is 0.585. The molecule has 0 saturated carbocycles. The van der Waals surface area contributed by atoms with Crippen molar-refractivity contribution < 1.29 is 0 Å². The highest BCUT2D eigenvalue weighted by Crippen LogP contribution is 1.70. The lowest BCUT2D eigenvalue weighted by molar-refractivity contribution is 1.38. The molecule has 0 unspecified atom stereocenters. The summed E-state index contributed by atoms with van der Waals surface area (Å²) in [4.78, 5) is 7.36. The van der Waals surface area contributed by atoms with E-state index in [-0.39, 0.29) is 0 Å². The first-order valence-electron chi connectivity index (χ1n) is 2.99. The summed E-state index contributed by atoms with van der Waals surface area (Å²) in [6, 6.07) is 0. The Labute approximate surface area is 56.7 Å². The van der Waals surface area contributed by atoms with Crippen LogP contribution >= 0.6 is 0 Å². The lowest BCUT2D eigenvalue weighted by atomic mass is 10.7. The highest BCUT2D eigenvalue weighted by atomic mass is 14.9. The lowest BCUT2D eigenvalue weighted by Crippen LogP contribution is -1.93. The second-order valence-corrected chi connectivity index (χ2v) is 1.05. The van der Waals surface area contributed by atoms with Crippen LogP contribution in [0.5, 0.6) is 0 Å². The molecule has 0 radical (unpaired) electrons. The zero-order valence-corrected chi connectivity index (χ0v) is 6.55. The van der Waals surface area contributed by atoms with Gasteiger partial charge in [-0.15, -0.1) is 0 Å². The Balaban J connectivity index is 0. The van der Waals surface area contributed by atoms with E-state index in [4.69, 9.17) is 5.73 Å². The van der Waals surface area contributed by atoms with Gasteiger partial charge in [0.2, 0.25) is 0 Å². The Morgan fingerprint density at radius 1 is 1.44 bits per heavy atom. The maximum atomic E-state index is 4.93. The van der Waals surface area contributed by atoms with E-state index in [9.17, 15) is 0 Å². The van der Waals surface area contributed by atoms with E-state index in [1.54, 1.807) is 14.0 Å². The van der Waals surface area contributed by atoms with Crippen LogP contribution in [0.25, 0.3) is 0 Å². The van der Waals surface area contributed by atoms with E-state index in [0.29, 0.717) is 5.84 Å². The number of amidine groups is 1. The predicted octanol–water partition coefficient (Wildman–Crippen LogP) is 1.05. The van der Waals surface area contributed by atoms with E-state index in [1.807, 2.05) is 13.8 Å².